The SMILES string of the molecule is CCC(CC)(CN)OCC(=O)NC1CCCC1. The lowest BCUT2D eigenvalue weighted by molar-refractivity contribution is -0.134. The summed E-state index contributed by atoms with van der Waals surface area (Å²) in [7, 11) is 0. The molecule has 0 saturated heterocycles. The van der Waals surface area contributed by atoms with Crippen LogP contribution >= 0.6 is 0 Å². The summed E-state index contributed by atoms with van der Waals surface area (Å²) in [5.41, 5.74) is 5.40. The Morgan fingerprint density at radius 1 is 1.35 bits per heavy atom. The standard InChI is InChI=1S/C13H26N2O2/c1-3-13(4-2,10-14)17-9-12(16)15-11-7-5-6-8-11/h11H,3-10,14H2,1-2H3,(H,15,16). The summed E-state index contributed by atoms with van der Waals surface area (Å²) in [5, 5.41) is 3.02. The minimum Gasteiger partial charge on any atom is -0.364 e. The van der Waals surface area contributed by atoms with E-state index in [-0.39, 0.29) is 18.1 Å². The van der Waals surface area contributed by atoms with Crippen molar-refractivity contribution in [2.75, 3.05) is 13.2 Å². The van der Waals surface area contributed by atoms with Crippen LogP contribution in [-0.2, 0) is 9.53 Å². The Bertz CT molecular complexity index is 225. The monoisotopic (exact) mass is 242 g/mol. The number of nitrogens with one attached hydrogen (secondary N) is 1. The highest BCUT2D eigenvalue weighted by Crippen LogP contribution is 2.19. The van der Waals surface area contributed by atoms with Crippen LogP contribution < -0.4 is 11.1 Å². The molecule has 0 aromatic heterocycles. The van der Waals surface area contributed by atoms with Gasteiger partial charge in [0.05, 0.1) is 5.60 Å². The Balaban J connectivity index is 2.30. The lowest BCUT2D eigenvalue weighted by atomic mass is 9.97. The molecular formula is C13H26N2O2. The number of amides is 1. The number of carbonyl (C=O) groups is 1. The highest BCUT2D eigenvalue weighted by atomic mass is 16.5. The van der Waals surface area contributed by atoms with Crippen molar-refractivity contribution >= 4 is 5.91 Å². The largest absolute Gasteiger partial charge is 0.364 e. The van der Waals surface area contributed by atoms with Gasteiger partial charge in [-0.1, -0.05) is 26.7 Å². The van der Waals surface area contributed by atoms with Gasteiger partial charge in [-0.15, -0.1) is 0 Å². The van der Waals surface area contributed by atoms with Crippen LogP contribution in [0.5, 0.6) is 0 Å². The topological polar surface area (TPSA) is 64.3 Å². The highest BCUT2D eigenvalue weighted by Gasteiger charge is 2.26. The van der Waals surface area contributed by atoms with E-state index in [1.165, 1.54) is 12.8 Å². The van der Waals surface area contributed by atoms with Gasteiger partial charge in [0.25, 0.3) is 0 Å². The number of hydrogen-bond acceptors (Lipinski definition) is 3. The van der Waals surface area contributed by atoms with E-state index in [0.717, 1.165) is 25.7 Å². The van der Waals surface area contributed by atoms with Gasteiger partial charge in [0, 0.05) is 12.6 Å². The molecule has 0 bridgehead atoms. The van der Waals surface area contributed by atoms with Crippen molar-refractivity contribution in [1.29, 1.82) is 0 Å². The number of rotatable bonds is 7. The molecule has 1 fully saturated rings. The highest BCUT2D eigenvalue weighted by molar-refractivity contribution is 5.77. The molecule has 0 spiro atoms. The first-order chi connectivity index (χ1) is 8.15. The minimum atomic E-state index is -0.326. The fraction of sp³-hybridized carbons (Fsp3) is 0.923. The van der Waals surface area contributed by atoms with E-state index in [0.29, 0.717) is 12.6 Å². The van der Waals surface area contributed by atoms with E-state index in [4.69, 9.17) is 10.5 Å². The molecule has 1 rings (SSSR count). The molecule has 0 aromatic rings. The van der Waals surface area contributed by atoms with Crippen molar-refractivity contribution < 1.29 is 9.53 Å². The smallest absolute Gasteiger partial charge is 0.246 e. The maximum Gasteiger partial charge on any atom is 0.246 e. The molecule has 1 saturated carbocycles. The molecule has 0 atom stereocenters. The first-order valence-electron chi connectivity index (χ1n) is 6.79. The second-order valence-electron chi connectivity index (χ2n) is 4.93. The predicted octanol–water partition coefficient (Wildman–Crippen LogP) is 1.58. The van der Waals surface area contributed by atoms with Gasteiger partial charge < -0.3 is 15.8 Å². The summed E-state index contributed by atoms with van der Waals surface area (Å²) in [6.45, 7) is 4.70. The molecule has 0 radical (unpaired) electrons. The first kappa shape index (κ1) is 14.5. The third kappa shape index (κ3) is 4.28. The van der Waals surface area contributed by atoms with Crippen LogP contribution in [0.4, 0.5) is 0 Å². The maximum atomic E-state index is 11.7. The molecule has 0 aliphatic heterocycles. The van der Waals surface area contributed by atoms with Crippen LogP contribution in [0.25, 0.3) is 0 Å². The molecule has 0 unspecified atom stereocenters. The Morgan fingerprint density at radius 3 is 2.41 bits per heavy atom. The summed E-state index contributed by atoms with van der Waals surface area (Å²) in [4.78, 5) is 11.7. The van der Waals surface area contributed by atoms with E-state index in [1.54, 1.807) is 0 Å². The lowest BCUT2D eigenvalue weighted by Gasteiger charge is -2.30. The van der Waals surface area contributed by atoms with Crippen molar-refractivity contribution in [2.45, 2.75) is 64.0 Å². The molecule has 3 N–H and O–H groups in total. The summed E-state index contributed by atoms with van der Waals surface area (Å²) < 4.78 is 5.71. The van der Waals surface area contributed by atoms with Crippen molar-refractivity contribution in [3.8, 4) is 0 Å². The van der Waals surface area contributed by atoms with E-state index in [9.17, 15) is 4.79 Å². The van der Waals surface area contributed by atoms with Crippen LogP contribution in [0.1, 0.15) is 52.4 Å². The van der Waals surface area contributed by atoms with Crippen LogP contribution in [-0.4, -0.2) is 30.7 Å². The summed E-state index contributed by atoms with van der Waals surface area (Å²) in [5.74, 6) is -0.00312. The van der Waals surface area contributed by atoms with Crippen LogP contribution in [0.3, 0.4) is 0 Å². The average Bonchev–Trinajstić information content (AvgIpc) is 2.84. The molecule has 0 heterocycles. The van der Waals surface area contributed by atoms with Gasteiger partial charge in [0.1, 0.15) is 6.61 Å². The second kappa shape index (κ2) is 6.97. The van der Waals surface area contributed by atoms with Crippen LogP contribution in [0, 0.1) is 0 Å². The molecule has 1 aliphatic rings. The number of ether oxygens (including phenoxy) is 1. The fourth-order valence-corrected chi connectivity index (χ4v) is 2.36. The first-order valence-corrected chi connectivity index (χ1v) is 6.79. The Hall–Kier alpha value is -0.610. The van der Waals surface area contributed by atoms with Crippen LogP contribution in [0.15, 0.2) is 0 Å². The number of nitrogens with two attached hydrogens (primary N) is 1. The normalized spacial score (nSPS) is 17.4. The van der Waals surface area contributed by atoms with Gasteiger partial charge in [-0.05, 0) is 25.7 Å². The molecule has 4 heteroatoms. The zero-order valence-corrected chi connectivity index (χ0v) is 11.1. The Kier molecular flexibility index (Phi) is 5.92. The lowest BCUT2D eigenvalue weighted by Crippen LogP contribution is -2.44. The van der Waals surface area contributed by atoms with Crippen molar-refractivity contribution in [3.63, 3.8) is 0 Å². The molecule has 0 aromatic carbocycles. The minimum absolute atomic E-state index is 0.00312. The summed E-state index contributed by atoms with van der Waals surface area (Å²) >= 11 is 0. The number of hydrogen-bond donors (Lipinski definition) is 2. The van der Waals surface area contributed by atoms with Gasteiger partial charge >= 0.3 is 0 Å². The molecule has 1 amide bonds. The molecular weight excluding hydrogens is 216 g/mol. The third-order valence-electron chi connectivity index (χ3n) is 3.89. The molecule has 17 heavy (non-hydrogen) atoms. The van der Waals surface area contributed by atoms with E-state index >= 15 is 0 Å². The summed E-state index contributed by atoms with van der Waals surface area (Å²) in [6.07, 6.45) is 6.35. The Labute approximate surface area is 104 Å². The van der Waals surface area contributed by atoms with E-state index in [2.05, 4.69) is 5.32 Å². The van der Waals surface area contributed by atoms with Gasteiger partial charge in [-0.25, -0.2) is 0 Å². The second-order valence-corrected chi connectivity index (χ2v) is 4.93. The predicted molar refractivity (Wildman–Crippen MR) is 68.7 cm³/mol. The van der Waals surface area contributed by atoms with E-state index < -0.39 is 0 Å². The molecule has 4 nitrogen and oxygen atoms in total. The molecule has 1 aliphatic carbocycles. The molecule has 100 valence electrons. The van der Waals surface area contributed by atoms with Gasteiger partial charge in [0.15, 0.2) is 0 Å². The number of carbonyl (C=O) groups excluding carboxylic acids is 1. The van der Waals surface area contributed by atoms with Gasteiger partial charge in [-0.3, -0.25) is 4.79 Å². The van der Waals surface area contributed by atoms with Crippen molar-refractivity contribution in [1.82, 2.24) is 5.32 Å². The maximum absolute atomic E-state index is 11.7. The fourth-order valence-electron chi connectivity index (χ4n) is 2.36. The summed E-state index contributed by atoms with van der Waals surface area (Å²) in [6, 6.07) is 0.363. The van der Waals surface area contributed by atoms with Gasteiger partial charge in [0.2, 0.25) is 5.91 Å². The van der Waals surface area contributed by atoms with Crippen LogP contribution in [0.2, 0.25) is 0 Å². The zero-order chi connectivity index (χ0) is 12.7. The average molecular weight is 242 g/mol. The van der Waals surface area contributed by atoms with Gasteiger partial charge in [-0.2, -0.15) is 0 Å². The van der Waals surface area contributed by atoms with Crippen molar-refractivity contribution in [3.05, 3.63) is 0 Å². The zero-order valence-electron chi connectivity index (χ0n) is 11.1. The third-order valence-corrected chi connectivity index (χ3v) is 3.89. The van der Waals surface area contributed by atoms with Crippen molar-refractivity contribution in [2.24, 2.45) is 5.73 Å². The van der Waals surface area contributed by atoms with E-state index in [1.807, 2.05) is 13.8 Å². The quantitative estimate of drug-likeness (QED) is 0.712. The Morgan fingerprint density at radius 2 is 1.94 bits per heavy atom.